The minimum atomic E-state index is 0.0874. The highest BCUT2D eigenvalue weighted by atomic mass is 16.1. The lowest BCUT2D eigenvalue weighted by Crippen LogP contribution is -2.04. The molecule has 114 valence electrons. The molecule has 2 aromatic carbocycles. The Hall–Kier alpha value is -2.87. The molecule has 1 heterocycles. The Morgan fingerprint density at radius 2 is 1.43 bits per heavy atom. The number of carbonyl (C=O) groups excluding carboxylic acids is 1. The molecule has 0 radical (unpaired) electrons. The second-order valence-electron chi connectivity index (χ2n) is 5.45. The Morgan fingerprint density at radius 1 is 0.870 bits per heavy atom. The lowest BCUT2D eigenvalue weighted by molar-refractivity contribution is 0.100. The van der Waals surface area contributed by atoms with E-state index in [1.54, 1.807) is 6.92 Å². The number of ketones is 1. The van der Waals surface area contributed by atoms with Gasteiger partial charge in [-0.2, -0.15) is 0 Å². The molecule has 2 heteroatoms. The van der Waals surface area contributed by atoms with Crippen LogP contribution in [0.5, 0.6) is 0 Å². The van der Waals surface area contributed by atoms with Crippen LogP contribution >= 0.6 is 0 Å². The summed E-state index contributed by atoms with van der Waals surface area (Å²) >= 11 is 0. The largest absolute Gasteiger partial charge is 0.341 e. The van der Waals surface area contributed by atoms with Crippen LogP contribution in [-0.4, -0.2) is 10.4 Å². The first-order chi connectivity index (χ1) is 11.3. The summed E-state index contributed by atoms with van der Waals surface area (Å²) in [4.78, 5) is 11.7. The Balaban J connectivity index is 1.99. The van der Waals surface area contributed by atoms with Crippen molar-refractivity contribution in [3.05, 3.63) is 102 Å². The monoisotopic (exact) mass is 301 g/mol. The molecule has 0 unspecified atom stereocenters. The topological polar surface area (TPSA) is 22.0 Å². The summed E-state index contributed by atoms with van der Waals surface area (Å²) in [6, 6.07) is 24.4. The maximum atomic E-state index is 11.7. The standard InChI is InChI=1S/C21H19NO/c1-17(23)21-13-8-15-22(21)16-14-20(18-9-4-2-5-10-18)19-11-6-3-7-12-19/h2-15H,16H2,1H3. The van der Waals surface area contributed by atoms with E-state index in [0.29, 0.717) is 6.54 Å². The van der Waals surface area contributed by atoms with Crippen LogP contribution in [0.15, 0.2) is 85.1 Å². The van der Waals surface area contributed by atoms with Crippen LogP contribution in [0.1, 0.15) is 28.5 Å². The van der Waals surface area contributed by atoms with Crippen LogP contribution in [0.2, 0.25) is 0 Å². The average Bonchev–Trinajstić information content (AvgIpc) is 3.06. The number of hydrogen-bond acceptors (Lipinski definition) is 1. The molecule has 23 heavy (non-hydrogen) atoms. The average molecular weight is 301 g/mol. The number of aromatic nitrogens is 1. The highest BCUT2D eigenvalue weighted by molar-refractivity contribution is 5.92. The SMILES string of the molecule is CC(=O)c1cccn1CC=C(c1ccccc1)c1ccccc1. The molecule has 1 aromatic heterocycles. The number of allylic oxidation sites excluding steroid dienone is 1. The molecule has 0 aliphatic heterocycles. The van der Waals surface area contributed by atoms with Crippen LogP contribution in [0.3, 0.4) is 0 Å². The van der Waals surface area contributed by atoms with E-state index in [-0.39, 0.29) is 5.78 Å². The van der Waals surface area contributed by atoms with Crippen molar-refractivity contribution >= 4 is 11.4 Å². The lowest BCUT2D eigenvalue weighted by Gasteiger charge is -2.10. The van der Waals surface area contributed by atoms with Gasteiger partial charge in [-0.3, -0.25) is 4.79 Å². The van der Waals surface area contributed by atoms with E-state index in [4.69, 9.17) is 0 Å². The minimum absolute atomic E-state index is 0.0874. The third kappa shape index (κ3) is 3.49. The molecule has 0 amide bonds. The molecular weight excluding hydrogens is 282 g/mol. The fourth-order valence-corrected chi connectivity index (χ4v) is 2.72. The molecule has 0 aliphatic rings. The van der Waals surface area contributed by atoms with E-state index in [1.807, 2.05) is 59.3 Å². The fourth-order valence-electron chi connectivity index (χ4n) is 2.72. The molecule has 0 spiro atoms. The number of nitrogens with zero attached hydrogens (tertiary/aromatic N) is 1. The molecule has 0 aliphatic carbocycles. The van der Waals surface area contributed by atoms with Gasteiger partial charge in [0.05, 0.1) is 5.69 Å². The predicted octanol–water partition coefficient (Wildman–Crippen LogP) is 4.82. The Labute approximate surface area is 136 Å². The van der Waals surface area contributed by atoms with Crippen molar-refractivity contribution in [1.82, 2.24) is 4.57 Å². The van der Waals surface area contributed by atoms with Crippen molar-refractivity contribution in [3.8, 4) is 0 Å². The smallest absolute Gasteiger partial charge is 0.176 e. The highest BCUT2D eigenvalue weighted by Crippen LogP contribution is 2.23. The first-order valence-electron chi connectivity index (χ1n) is 7.73. The third-order valence-corrected chi connectivity index (χ3v) is 3.85. The van der Waals surface area contributed by atoms with Gasteiger partial charge in [0.15, 0.2) is 5.78 Å². The van der Waals surface area contributed by atoms with Gasteiger partial charge in [-0.15, -0.1) is 0 Å². The van der Waals surface area contributed by atoms with Gasteiger partial charge in [0, 0.05) is 19.7 Å². The van der Waals surface area contributed by atoms with Gasteiger partial charge in [-0.25, -0.2) is 0 Å². The Bertz CT molecular complexity index is 772. The Kier molecular flexibility index (Phi) is 4.53. The third-order valence-electron chi connectivity index (χ3n) is 3.85. The zero-order valence-corrected chi connectivity index (χ0v) is 13.1. The molecular formula is C21H19NO. The summed E-state index contributed by atoms with van der Waals surface area (Å²) < 4.78 is 1.98. The van der Waals surface area contributed by atoms with Crippen LogP contribution in [0.25, 0.3) is 5.57 Å². The first kappa shape index (κ1) is 15.0. The number of carbonyl (C=O) groups is 1. The summed E-state index contributed by atoms with van der Waals surface area (Å²) in [7, 11) is 0. The van der Waals surface area contributed by atoms with Gasteiger partial charge < -0.3 is 4.57 Å². The lowest BCUT2D eigenvalue weighted by atomic mass is 9.97. The Morgan fingerprint density at radius 3 is 1.96 bits per heavy atom. The molecule has 0 N–H and O–H groups in total. The molecule has 0 fully saturated rings. The molecule has 2 nitrogen and oxygen atoms in total. The van der Waals surface area contributed by atoms with Crippen molar-refractivity contribution in [2.45, 2.75) is 13.5 Å². The number of rotatable bonds is 5. The molecule has 0 bridgehead atoms. The molecule has 0 saturated carbocycles. The van der Waals surface area contributed by atoms with Gasteiger partial charge in [0.2, 0.25) is 0 Å². The van der Waals surface area contributed by atoms with Crippen molar-refractivity contribution in [2.75, 3.05) is 0 Å². The summed E-state index contributed by atoms with van der Waals surface area (Å²) in [5.74, 6) is 0.0874. The van der Waals surface area contributed by atoms with E-state index in [2.05, 4.69) is 30.3 Å². The van der Waals surface area contributed by atoms with Gasteiger partial charge in [0.1, 0.15) is 0 Å². The normalized spacial score (nSPS) is 10.3. The summed E-state index contributed by atoms with van der Waals surface area (Å²) in [6.07, 6.45) is 4.12. The number of Topliss-reactive ketones (excluding diaryl/α,β-unsaturated/α-hetero) is 1. The molecule has 0 saturated heterocycles. The van der Waals surface area contributed by atoms with Gasteiger partial charge in [-0.05, 0) is 28.8 Å². The van der Waals surface area contributed by atoms with Crippen molar-refractivity contribution < 1.29 is 4.79 Å². The zero-order valence-electron chi connectivity index (χ0n) is 13.1. The maximum Gasteiger partial charge on any atom is 0.176 e. The van der Waals surface area contributed by atoms with Crippen LogP contribution < -0.4 is 0 Å². The molecule has 0 atom stereocenters. The van der Waals surface area contributed by atoms with Crippen LogP contribution in [0.4, 0.5) is 0 Å². The first-order valence-corrected chi connectivity index (χ1v) is 7.73. The van der Waals surface area contributed by atoms with Crippen LogP contribution in [-0.2, 0) is 6.54 Å². The second-order valence-corrected chi connectivity index (χ2v) is 5.45. The maximum absolute atomic E-state index is 11.7. The fraction of sp³-hybridized carbons (Fsp3) is 0.0952. The van der Waals surface area contributed by atoms with E-state index < -0.39 is 0 Å². The van der Waals surface area contributed by atoms with E-state index in [1.165, 1.54) is 16.7 Å². The van der Waals surface area contributed by atoms with Crippen molar-refractivity contribution in [2.24, 2.45) is 0 Å². The quantitative estimate of drug-likeness (QED) is 0.619. The van der Waals surface area contributed by atoms with E-state index in [9.17, 15) is 4.79 Å². The summed E-state index contributed by atoms with van der Waals surface area (Å²) in [5, 5.41) is 0. The number of benzene rings is 2. The predicted molar refractivity (Wildman–Crippen MR) is 94.4 cm³/mol. The summed E-state index contributed by atoms with van der Waals surface area (Å²) in [6.45, 7) is 2.27. The number of hydrogen-bond donors (Lipinski definition) is 0. The molecule has 3 rings (SSSR count). The van der Waals surface area contributed by atoms with Gasteiger partial charge >= 0.3 is 0 Å². The summed E-state index contributed by atoms with van der Waals surface area (Å²) in [5.41, 5.74) is 4.27. The molecule has 3 aromatic rings. The van der Waals surface area contributed by atoms with Crippen molar-refractivity contribution in [1.29, 1.82) is 0 Å². The van der Waals surface area contributed by atoms with E-state index >= 15 is 0 Å². The van der Waals surface area contributed by atoms with Crippen molar-refractivity contribution in [3.63, 3.8) is 0 Å². The van der Waals surface area contributed by atoms with Gasteiger partial charge in [-0.1, -0.05) is 66.7 Å². The van der Waals surface area contributed by atoms with E-state index in [0.717, 1.165) is 5.69 Å². The highest BCUT2D eigenvalue weighted by Gasteiger charge is 2.07. The van der Waals surface area contributed by atoms with Gasteiger partial charge in [0.25, 0.3) is 0 Å². The second kappa shape index (κ2) is 6.93. The van der Waals surface area contributed by atoms with Crippen LogP contribution in [0, 0.1) is 0 Å². The zero-order chi connectivity index (χ0) is 16.1. The minimum Gasteiger partial charge on any atom is -0.341 e.